The average Bonchev–Trinajstić information content (AvgIpc) is 2.66. The van der Waals surface area contributed by atoms with Crippen LogP contribution in [0.25, 0.3) is 0 Å². The molecule has 1 N–H and O–H groups in total. The Morgan fingerprint density at radius 3 is 3.50 bits per heavy atom. The van der Waals surface area contributed by atoms with E-state index in [4.69, 9.17) is 4.84 Å². The highest BCUT2D eigenvalue weighted by Gasteiger charge is 2.42. The number of aliphatic imine (C=N–C) groups is 1. The van der Waals surface area contributed by atoms with Gasteiger partial charge in [-0.1, -0.05) is 5.16 Å². The molecule has 1 amide bonds. The van der Waals surface area contributed by atoms with E-state index in [9.17, 15) is 4.79 Å². The van der Waals surface area contributed by atoms with Gasteiger partial charge in [0.05, 0.1) is 12.8 Å². The Bertz CT molecular complexity index is 338. The summed E-state index contributed by atoms with van der Waals surface area (Å²) < 4.78 is 0. The molecule has 6 heteroatoms. The number of oxime groups is 1. The number of hydrogen-bond acceptors (Lipinski definition) is 5. The van der Waals surface area contributed by atoms with Crippen molar-refractivity contribution in [1.29, 1.82) is 0 Å². The molecule has 3 rings (SSSR count). The number of carbonyl (C=O) groups is 1. The van der Waals surface area contributed by atoms with Crippen molar-refractivity contribution in [3.63, 3.8) is 0 Å². The van der Waals surface area contributed by atoms with Crippen molar-refractivity contribution in [2.24, 2.45) is 16.1 Å². The summed E-state index contributed by atoms with van der Waals surface area (Å²) in [4.78, 5) is 22.9. The molecule has 6 nitrogen and oxygen atoms in total. The Balaban J connectivity index is 1.96. The first-order valence-corrected chi connectivity index (χ1v) is 4.64. The fourth-order valence-electron chi connectivity index (χ4n) is 1.89. The second kappa shape index (κ2) is 2.78. The summed E-state index contributed by atoms with van der Waals surface area (Å²) in [5.74, 6) is 0.521. The Hall–Kier alpha value is -1.43. The van der Waals surface area contributed by atoms with E-state index >= 15 is 0 Å². The van der Waals surface area contributed by atoms with Gasteiger partial charge in [-0.3, -0.25) is 9.69 Å². The largest absolute Gasteiger partial charge is 0.368 e. The lowest BCUT2D eigenvalue weighted by atomic mass is 10.1. The summed E-state index contributed by atoms with van der Waals surface area (Å²) in [6.07, 6.45) is 1.11. The van der Waals surface area contributed by atoms with Crippen LogP contribution in [0.1, 0.15) is 0 Å². The first-order chi connectivity index (χ1) is 6.86. The molecule has 74 valence electrons. The van der Waals surface area contributed by atoms with E-state index in [1.165, 1.54) is 6.21 Å². The predicted octanol–water partition coefficient (Wildman–Crippen LogP) is -1.21. The molecule has 0 aromatic rings. The van der Waals surface area contributed by atoms with Crippen molar-refractivity contribution in [3.8, 4) is 0 Å². The molecule has 0 radical (unpaired) electrons. The first-order valence-electron chi connectivity index (χ1n) is 4.64. The zero-order valence-corrected chi connectivity index (χ0v) is 7.51. The minimum atomic E-state index is -0.423. The number of carbonyl (C=O) groups excluding carboxylic acids is 1. The van der Waals surface area contributed by atoms with E-state index in [0.717, 1.165) is 12.4 Å². The molecule has 14 heavy (non-hydrogen) atoms. The number of amides is 1. The van der Waals surface area contributed by atoms with Crippen LogP contribution in [0, 0.1) is 5.92 Å². The summed E-state index contributed by atoms with van der Waals surface area (Å²) in [5.41, 5.74) is 0. The topological polar surface area (TPSA) is 66.3 Å². The van der Waals surface area contributed by atoms with Gasteiger partial charge in [-0.15, -0.1) is 0 Å². The standard InChI is InChI=1S/C8H10N4O2/c13-8-5-3-10-14-7(5)11-6-4-9-1-2-12(6)8/h3,5,7,9H,1-2,4H2. The van der Waals surface area contributed by atoms with Crippen molar-refractivity contribution in [3.05, 3.63) is 0 Å². The van der Waals surface area contributed by atoms with Crippen LogP contribution in [0.3, 0.4) is 0 Å². The lowest BCUT2D eigenvalue weighted by Gasteiger charge is -2.34. The van der Waals surface area contributed by atoms with Crippen LogP contribution in [-0.4, -0.2) is 48.7 Å². The van der Waals surface area contributed by atoms with E-state index in [2.05, 4.69) is 15.5 Å². The normalized spacial score (nSPS) is 34.7. The van der Waals surface area contributed by atoms with E-state index in [-0.39, 0.29) is 11.8 Å². The molecule has 0 spiro atoms. The summed E-state index contributed by atoms with van der Waals surface area (Å²) >= 11 is 0. The Labute approximate surface area is 80.6 Å². The third-order valence-corrected chi connectivity index (χ3v) is 2.63. The van der Waals surface area contributed by atoms with Crippen LogP contribution < -0.4 is 5.32 Å². The van der Waals surface area contributed by atoms with Crippen molar-refractivity contribution in [2.75, 3.05) is 19.6 Å². The van der Waals surface area contributed by atoms with Gasteiger partial charge < -0.3 is 10.2 Å². The maximum Gasteiger partial charge on any atom is 0.242 e. The van der Waals surface area contributed by atoms with Gasteiger partial charge in [-0.2, -0.15) is 0 Å². The SMILES string of the molecule is O=C1C2C=NOC2N=C2CNCCN12. The van der Waals surface area contributed by atoms with Gasteiger partial charge in [0.2, 0.25) is 12.1 Å². The molecule has 0 aliphatic carbocycles. The molecule has 0 bridgehead atoms. The smallest absolute Gasteiger partial charge is 0.242 e. The quantitative estimate of drug-likeness (QED) is 0.526. The number of hydrogen-bond donors (Lipinski definition) is 1. The van der Waals surface area contributed by atoms with Crippen LogP contribution in [0.4, 0.5) is 0 Å². The predicted molar refractivity (Wildman–Crippen MR) is 48.9 cm³/mol. The monoisotopic (exact) mass is 194 g/mol. The minimum absolute atomic E-state index is 0.0581. The molecule has 2 atom stereocenters. The van der Waals surface area contributed by atoms with Crippen molar-refractivity contribution in [1.82, 2.24) is 10.2 Å². The molecule has 0 aromatic heterocycles. The molecule has 3 aliphatic rings. The van der Waals surface area contributed by atoms with Gasteiger partial charge in [0.25, 0.3) is 0 Å². The number of nitrogens with one attached hydrogen (secondary N) is 1. The van der Waals surface area contributed by atoms with Crippen LogP contribution in [-0.2, 0) is 9.63 Å². The third-order valence-electron chi connectivity index (χ3n) is 2.63. The Kier molecular flexibility index (Phi) is 1.57. The van der Waals surface area contributed by atoms with Crippen molar-refractivity contribution < 1.29 is 9.63 Å². The van der Waals surface area contributed by atoms with Gasteiger partial charge in [0.15, 0.2) is 0 Å². The third kappa shape index (κ3) is 0.971. The second-order valence-corrected chi connectivity index (χ2v) is 3.49. The molecule has 2 unspecified atom stereocenters. The van der Waals surface area contributed by atoms with Gasteiger partial charge in [0, 0.05) is 13.1 Å². The van der Waals surface area contributed by atoms with Crippen molar-refractivity contribution in [2.45, 2.75) is 6.23 Å². The first kappa shape index (κ1) is 7.93. The zero-order valence-electron chi connectivity index (χ0n) is 7.51. The van der Waals surface area contributed by atoms with Crippen LogP contribution >= 0.6 is 0 Å². The highest BCUT2D eigenvalue weighted by Crippen LogP contribution is 2.23. The number of amidine groups is 1. The second-order valence-electron chi connectivity index (χ2n) is 3.49. The molecular weight excluding hydrogens is 184 g/mol. The summed E-state index contributed by atoms with van der Waals surface area (Å²) in [6.45, 7) is 2.15. The van der Waals surface area contributed by atoms with E-state index < -0.39 is 6.23 Å². The lowest BCUT2D eigenvalue weighted by molar-refractivity contribution is -0.133. The Morgan fingerprint density at radius 1 is 1.64 bits per heavy atom. The summed E-state index contributed by atoms with van der Waals surface area (Å²) in [6, 6.07) is 0. The van der Waals surface area contributed by atoms with Gasteiger partial charge in [0.1, 0.15) is 11.8 Å². The zero-order chi connectivity index (χ0) is 9.54. The number of rotatable bonds is 0. The number of nitrogens with zero attached hydrogens (tertiary/aromatic N) is 3. The molecule has 3 heterocycles. The number of piperazine rings is 1. The highest BCUT2D eigenvalue weighted by molar-refractivity contribution is 6.08. The molecule has 1 fully saturated rings. The summed E-state index contributed by atoms with van der Waals surface area (Å²) in [5, 5.41) is 6.80. The molecule has 0 saturated carbocycles. The van der Waals surface area contributed by atoms with Crippen LogP contribution in [0.15, 0.2) is 10.1 Å². The molecule has 1 saturated heterocycles. The van der Waals surface area contributed by atoms with Gasteiger partial charge in [-0.25, -0.2) is 4.99 Å². The van der Waals surface area contributed by atoms with E-state index in [0.29, 0.717) is 13.1 Å². The lowest BCUT2D eigenvalue weighted by Crippen LogP contribution is -2.56. The molecule has 0 aromatic carbocycles. The maximum absolute atomic E-state index is 11.9. The van der Waals surface area contributed by atoms with Crippen LogP contribution in [0.2, 0.25) is 0 Å². The average molecular weight is 194 g/mol. The highest BCUT2D eigenvalue weighted by atomic mass is 16.7. The van der Waals surface area contributed by atoms with Crippen LogP contribution in [0.5, 0.6) is 0 Å². The van der Waals surface area contributed by atoms with E-state index in [1.807, 2.05) is 0 Å². The van der Waals surface area contributed by atoms with Gasteiger partial charge >= 0.3 is 0 Å². The number of fused-ring (bicyclic) bond motifs is 2. The fraction of sp³-hybridized carbons (Fsp3) is 0.625. The molecular formula is C8H10N4O2. The maximum atomic E-state index is 11.9. The van der Waals surface area contributed by atoms with Crippen molar-refractivity contribution >= 4 is 18.0 Å². The summed E-state index contributed by atoms with van der Waals surface area (Å²) in [7, 11) is 0. The fourth-order valence-corrected chi connectivity index (χ4v) is 1.89. The minimum Gasteiger partial charge on any atom is -0.368 e. The van der Waals surface area contributed by atoms with Gasteiger partial charge in [-0.05, 0) is 0 Å². The van der Waals surface area contributed by atoms with E-state index in [1.54, 1.807) is 4.90 Å². The molecule has 3 aliphatic heterocycles. The Morgan fingerprint density at radius 2 is 2.57 bits per heavy atom.